The Kier molecular flexibility index (Phi) is 5.18. The topological polar surface area (TPSA) is 51.1 Å². The van der Waals surface area contributed by atoms with Crippen LogP contribution in [0.4, 0.5) is 5.95 Å². The van der Waals surface area contributed by atoms with Crippen molar-refractivity contribution in [2.75, 3.05) is 25.5 Å². The molecule has 0 bridgehead atoms. The van der Waals surface area contributed by atoms with Crippen molar-refractivity contribution in [1.29, 1.82) is 0 Å². The highest BCUT2D eigenvalue weighted by atomic mass is 16.5. The van der Waals surface area contributed by atoms with E-state index in [1.54, 1.807) is 7.11 Å². The Hall–Kier alpha value is -2.37. The summed E-state index contributed by atoms with van der Waals surface area (Å²) < 4.78 is 8.08. The van der Waals surface area contributed by atoms with Crippen molar-refractivity contribution < 1.29 is 4.74 Å². The van der Waals surface area contributed by atoms with Crippen molar-refractivity contribution >= 4 is 17.0 Å². The second kappa shape index (κ2) is 7.89. The van der Waals surface area contributed by atoms with E-state index < -0.39 is 0 Å². The number of aromatic nitrogens is 2. The van der Waals surface area contributed by atoms with Gasteiger partial charge in [-0.2, -0.15) is 0 Å². The number of anilines is 1. The summed E-state index contributed by atoms with van der Waals surface area (Å²) in [5.74, 6) is 0.941. The fraction of sp³-hybridized carbons (Fsp3) is 0.381. The number of rotatable bonds is 6. The summed E-state index contributed by atoms with van der Waals surface area (Å²) in [7, 11) is 1.77. The van der Waals surface area contributed by atoms with Crippen molar-refractivity contribution in [3.63, 3.8) is 0 Å². The number of nitrogens with zero attached hydrogens (tertiary/aromatic N) is 2. The minimum absolute atomic E-state index is 0.0117. The molecular formula is C21H26N4O. The second-order valence-corrected chi connectivity index (χ2v) is 6.84. The lowest BCUT2D eigenvalue weighted by Crippen LogP contribution is -2.36. The Morgan fingerprint density at radius 3 is 2.62 bits per heavy atom. The normalized spacial score (nSPS) is 16.7. The van der Waals surface area contributed by atoms with E-state index in [0.717, 1.165) is 49.5 Å². The maximum atomic E-state index is 5.82. The molecule has 0 radical (unpaired) electrons. The Labute approximate surface area is 154 Å². The van der Waals surface area contributed by atoms with Gasteiger partial charge in [0.1, 0.15) is 6.10 Å². The molecule has 0 amide bonds. The van der Waals surface area contributed by atoms with Crippen LogP contribution in [0.2, 0.25) is 0 Å². The number of para-hydroxylation sites is 2. The van der Waals surface area contributed by atoms with Gasteiger partial charge in [0.05, 0.1) is 17.6 Å². The SMILES string of the molecule is COC(Cn1c(NC2CCNCC2)nc2ccccc21)c1ccccc1. The Morgan fingerprint density at radius 2 is 1.85 bits per heavy atom. The largest absolute Gasteiger partial charge is 0.375 e. The minimum atomic E-state index is -0.0117. The van der Waals surface area contributed by atoms with E-state index in [4.69, 9.17) is 9.72 Å². The average Bonchev–Trinajstić information content (AvgIpc) is 3.04. The summed E-state index contributed by atoms with van der Waals surface area (Å²) in [5.41, 5.74) is 3.34. The molecule has 0 aliphatic carbocycles. The number of piperidine rings is 1. The van der Waals surface area contributed by atoms with E-state index in [1.165, 1.54) is 5.56 Å². The van der Waals surface area contributed by atoms with E-state index in [-0.39, 0.29) is 6.10 Å². The monoisotopic (exact) mass is 350 g/mol. The van der Waals surface area contributed by atoms with Gasteiger partial charge < -0.3 is 19.9 Å². The first kappa shape index (κ1) is 17.1. The zero-order chi connectivity index (χ0) is 17.8. The molecule has 136 valence electrons. The van der Waals surface area contributed by atoms with E-state index in [9.17, 15) is 0 Å². The van der Waals surface area contributed by atoms with Crippen LogP contribution in [-0.2, 0) is 11.3 Å². The van der Waals surface area contributed by atoms with E-state index in [2.05, 4.69) is 57.7 Å². The lowest BCUT2D eigenvalue weighted by molar-refractivity contribution is 0.0892. The predicted octanol–water partition coefficient (Wildman–Crippen LogP) is 3.59. The number of fused-ring (bicyclic) bond motifs is 1. The molecule has 26 heavy (non-hydrogen) atoms. The first-order chi connectivity index (χ1) is 12.8. The Balaban J connectivity index is 1.66. The van der Waals surface area contributed by atoms with Gasteiger partial charge in [-0.25, -0.2) is 4.98 Å². The molecule has 5 heteroatoms. The van der Waals surface area contributed by atoms with E-state index in [0.29, 0.717) is 6.04 Å². The lowest BCUT2D eigenvalue weighted by atomic mass is 10.1. The van der Waals surface area contributed by atoms with Crippen molar-refractivity contribution in [2.24, 2.45) is 0 Å². The smallest absolute Gasteiger partial charge is 0.204 e. The van der Waals surface area contributed by atoms with Gasteiger partial charge in [0.2, 0.25) is 5.95 Å². The number of hydrogen-bond acceptors (Lipinski definition) is 4. The van der Waals surface area contributed by atoms with Crippen molar-refractivity contribution in [1.82, 2.24) is 14.9 Å². The highest BCUT2D eigenvalue weighted by Gasteiger charge is 2.20. The van der Waals surface area contributed by atoms with Crippen molar-refractivity contribution in [2.45, 2.75) is 31.5 Å². The molecule has 1 aliphatic rings. The van der Waals surface area contributed by atoms with Gasteiger partial charge in [0, 0.05) is 13.2 Å². The molecule has 1 aliphatic heterocycles. The average molecular weight is 350 g/mol. The number of hydrogen-bond donors (Lipinski definition) is 2. The van der Waals surface area contributed by atoms with Gasteiger partial charge in [0.25, 0.3) is 0 Å². The van der Waals surface area contributed by atoms with Crippen molar-refractivity contribution in [3.8, 4) is 0 Å². The third-order valence-electron chi connectivity index (χ3n) is 5.13. The Bertz CT molecular complexity index is 840. The van der Waals surface area contributed by atoms with Crippen LogP contribution in [-0.4, -0.2) is 35.8 Å². The van der Waals surface area contributed by atoms with E-state index >= 15 is 0 Å². The number of nitrogens with one attached hydrogen (secondary N) is 2. The maximum Gasteiger partial charge on any atom is 0.204 e. The first-order valence-corrected chi connectivity index (χ1v) is 9.35. The standard InChI is InChI=1S/C21H26N4O/c1-26-20(16-7-3-2-4-8-16)15-25-19-10-6-5-9-18(19)24-21(25)23-17-11-13-22-14-12-17/h2-10,17,20,22H,11-15H2,1H3,(H,23,24). The highest BCUT2D eigenvalue weighted by Crippen LogP contribution is 2.26. The molecule has 5 nitrogen and oxygen atoms in total. The number of methoxy groups -OCH3 is 1. The summed E-state index contributed by atoms with van der Waals surface area (Å²) in [4.78, 5) is 4.86. The van der Waals surface area contributed by atoms with Crippen LogP contribution in [0.15, 0.2) is 54.6 Å². The van der Waals surface area contributed by atoms with Crippen LogP contribution in [0.5, 0.6) is 0 Å². The van der Waals surface area contributed by atoms with Gasteiger partial charge in [-0.15, -0.1) is 0 Å². The summed E-state index contributed by atoms with van der Waals surface area (Å²) in [5, 5.41) is 7.09. The molecule has 4 rings (SSSR count). The second-order valence-electron chi connectivity index (χ2n) is 6.84. The van der Waals surface area contributed by atoms with E-state index in [1.807, 2.05) is 12.1 Å². The molecule has 1 unspecified atom stereocenters. The maximum absolute atomic E-state index is 5.82. The molecule has 1 atom stereocenters. The summed E-state index contributed by atoms with van der Waals surface area (Å²) in [6.45, 7) is 2.85. The van der Waals surface area contributed by atoms with Gasteiger partial charge in [-0.05, 0) is 43.6 Å². The molecule has 0 spiro atoms. The molecule has 0 saturated carbocycles. The van der Waals surface area contributed by atoms with Gasteiger partial charge in [-0.3, -0.25) is 0 Å². The third kappa shape index (κ3) is 3.59. The number of imidazole rings is 1. The fourth-order valence-electron chi connectivity index (χ4n) is 3.67. The Morgan fingerprint density at radius 1 is 1.12 bits per heavy atom. The summed E-state index contributed by atoms with van der Waals surface area (Å²) in [6.07, 6.45) is 2.23. The number of ether oxygens (including phenoxy) is 1. The molecule has 1 aromatic heterocycles. The minimum Gasteiger partial charge on any atom is -0.375 e. The molecule has 1 saturated heterocycles. The third-order valence-corrected chi connectivity index (χ3v) is 5.13. The van der Waals surface area contributed by atoms with Crippen LogP contribution < -0.4 is 10.6 Å². The summed E-state index contributed by atoms with van der Waals surface area (Å²) >= 11 is 0. The first-order valence-electron chi connectivity index (χ1n) is 9.35. The van der Waals surface area contributed by atoms with Gasteiger partial charge in [0.15, 0.2) is 0 Å². The van der Waals surface area contributed by atoms with Gasteiger partial charge >= 0.3 is 0 Å². The van der Waals surface area contributed by atoms with Crippen LogP contribution in [0.3, 0.4) is 0 Å². The molecule has 2 heterocycles. The van der Waals surface area contributed by atoms with Crippen LogP contribution >= 0.6 is 0 Å². The number of benzene rings is 2. The zero-order valence-electron chi connectivity index (χ0n) is 15.2. The summed E-state index contributed by atoms with van der Waals surface area (Å²) in [6, 6.07) is 19.2. The quantitative estimate of drug-likeness (QED) is 0.713. The molecule has 2 aromatic carbocycles. The van der Waals surface area contributed by atoms with Gasteiger partial charge in [-0.1, -0.05) is 42.5 Å². The van der Waals surface area contributed by atoms with Crippen LogP contribution in [0.25, 0.3) is 11.0 Å². The molecule has 1 fully saturated rings. The molecule has 3 aromatic rings. The van der Waals surface area contributed by atoms with Crippen LogP contribution in [0, 0.1) is 0 Å². The molecule has 2 N–H and O–H groups in total. The zero-order valence-corrected chi connectivity index (χ0v) is 15.2. The highest BCUT2D eigenvalue weighted by molar-refractivity contribution is 5.78. The predicted molar refractivity (Wildman–Crippen MR) is 105 cm³/mol. The fourth-order valence-corrected chi connectivity index (χ4v) is 3.67. The molecular weight excluding hydrogens is 324 g/mol. The lowest BCUT2D eigenvalue weighted by Gasteiger charge is -2.25. The van der Waals surface area contributed by atoms with Crippen LogP contribution in [0.1, 0.15) is 24.5 Å². The van der Waals surface area contributed by atoms with Crippen molar-refractivity contribution in [3.05, 3.63) is 60.2 Å².